The van der Waals surface area contributed by atoms with Gasteiger partial charge < -0.3 is 10.5 Å². The van der Waals surface area contributed by atoms with Crippen LogP contribution in [0.4, 0.5) is 0 Å². The number of hydrogen-bond acceptors (Lipinski definition) is 4. The molecule has 0 saturated heterocycles. The van der Waals surface area contributed by atoms with E-state index in [9.17, 15) is 8.42 Å². The molecule has 0 radical (unpaired) electrons. The molecule has 110 valence electrons. The highest BCUT2D eigenvalue weighted by Gasteiger charge is 2.38. The highest BCUT2D eigenvalue weighted by atomic mass is 32.2. The Morgan fingerprint density at radius 1 is 1.17 bits per heavy atom. The molecule has 0 aromatic rings. The van der Waals surface area contributed by atoms with E-state index in [1.54, 1.807) is 4.31 Å². The molecule has 0 aliphatic carbocycles. The van der Waals surface area contributed by atoms with Crippen LogP contribution < -0.4 is 5.73 Å². The monoisotopic (exact) mass is 280 g/mol. The van der Waals surface area contributed by atoms with E-state index in [0.29, 0.717) is 19.7 Å². The van der Waals surface area contributed by atoms with Crippen molar-refractivity contribution in [2.45, 2.75) is 46.1 Å². The van der Waals surface area contributed by atoms with Crippen molar-refractivity contribution in [3.63, 3.8) is 0 Å². The summed E-state index contributed by atoms with van der Waals surface area (Å²) in [5.41, 5.74) is 5.36. The van der Waals surface area contributed by atoms with Crippen molar-refractivity contribution in [3.05, 3.63) is 0 Å². The first-order chi connectivity index (χ1) is 8.44. The van der Waals surface area contributed by atoms with E-state index in [4.69, 9.17) is 10.5 Å². The van der Waals surface area contributed by atoms with Crippen molar-refractivity contribution in [2.24, 2.45) is 5.73 Å². The van der Waals surface area contributed by atoms with Gasteiger partial charge in [-0.15, -0.1) is 0 Å². The zero-order valence-corrected chi connectivity index (χ0v) is 12.9. The van der Waals surface area contributed by atoms with E-state index >= 15 is 0 Å². The minimum atomic E-state index is -3.31. The summed E-state index contributed by atoms with van der Waals surface area (Å²) in [6.07, 6.45) is 1.45. The lowest BCUT2D eigenvalue weighted by molar-refractivity contribution is 0.156. The number of likely N-dealkylation sites (N-methyl/N-ethyl adjacent to an activating group) is 1. The third-order valence-electron chi connectivity index (χ3n) is 3.54. The average Bonchev–Trinajstić information content (AvgIpc) is 2.36. The van der Waals surface area contributed by atoms with Crippen LogP contribution in [0.5, 0.6) is 0 Å². The Hall–Kier alpha value is -0.170. The lowest BCUT2D eigenvalue weighted by atomic mass is 9.93. The highest BCUT2D eigenvalue weighted by molar-refractivity contribution is 7.89. The van der Waals surface area contributed by atoms with Gasteiger partial charge in [0, 0.05) is 25.2 Å². The first-order valence-electron chi connectivity index (χ1n) is 6.72. The van der Waals surface area contributed by atoms with Crippen LogP contribution >= 0.6 is 0 Å². The van der Waals surface area contributed by atoms with Crippen molar-refractivity contribution in [2.75, 3.05) is 32.1 Å². The first-order valence-corrected chi connectivity index (χ1v) is 8.33. The summed E-state index contributed by atoms with van der Waals surface area (Å²) in [5, 5.41) is 0. The van der Waals surface area contributed by atoms with E-state index in [2.05, 4.69) is 0 Å². The quantitative estimate of drug-likeness (QED) is 0.610. The van der Waals surface area contributed by atoms with Gasteiger partial charge in [-0.25, -0.2) is 8.42 Å². The predicted molar refractivity (Wildman–Crippen MR) is 75.0 cm³/mol. The average molecular weight is 280 g/mol. The third kappa shape index (κ3) is 4.19. The van der Waals surface area contributed by atoms with Crippen LogP contribution in [0.1, 0.15) is 40.5 Å². The minimum absolute atomic E-state index is 0.0242. The van der Waals surface area contributed by atoms with Crippen LogP contribution in [0.2, 0.25) is 0 Å². The van der Waals surface area contributed by atoms with Crippen LogP contribution in [-0.4, -0.2) is 50.3 Å². The number of rotatable bonds is 10. The summed E-state index contributed by atoms with van der Waals surface area (Å²) in [5.74, 6) is 0.0242. The standard InChI is InChI=1S/C12H28N2O3S/c1-5-12(6-2,11-13)14(7-3)18(15,16)10-9-17-8-4/h5-11,13H2,1-4H3. The topological polar surface area (TPSA) is 72.6 Å². The first kappa shape index (κ1) is 17.8. The van der Waals surface area contributed by atoms with Gasteiger partial charge in [0.05, 0.1) is 12.4 Å². The zero-order chi connectivity index (χ0) is 14.2. The Kier molecular flexibility index (Phi) is 8.02. The van der Waals surface area contributed by atoms with Crippen molar-refractivity contribution < 1.29 is 13.2 Å². The largest absolute Gasteiger partial charge is 0.381 e. The number of sulfonamides is 1. The smallest absolute Gasteiger partial charge is 0.216 e. The molecule has 0 heterocycles. The van der Waals surface area contributed by atoms with Crippen LogP contribution in [0.3, 0.4) is 0 Å². The predicted octanol–water partition coefficient (Wildman–Crippen LogP) is 1.19. The Morgan fingerprint density at radius 2 is 1.72 bits per heavy atom. The van der Waals surface area contributed by atoms with Gasteiger partial charge in [0.2, 0.25) is 10.0 Å². The summed E-state index contributed by atoms with van der Waals surface area (Å²) >= 11 is 0. The molecule has 0 bridgehead atoms. The second-order valence-electron chi connectivity index (χ2n) is 4.31. The molecule has 2 N–H and O–H groups in total. The molecule has 18 heavy (non-hydrogen) atoms. The molecule has 0 aromatic heterocycles. The molecule has 6 heteroatoms. The molecule has 0 saturated carbocycles. The number of ether oxygens (including phenoxy) is 1. The molecule has 0 aromatic carbocycles. The summed E-state index contributed by atoms with van der Waals surface area (Å²) < 4.78 is 31.4. The molecular formula is C12H28N2O3S. The Bertz CT molecular complexity index is 305. The van der Waals surface area contributed by atoms with Crippen LogP contribution in [0.25, 0.3) is 0 Å². The molecule has 0 aliphatic rings. The Labute approximate surface area is 112 Å². The molecule has 0 fully saturated rings. The fraction of sp³-hybridized carbons (Fsp3) is 1.00. The maximum Gasteiger partial charge on any atom is 0.216 e. The zero-order valence-electron chi connectivity index (χ0n) is 12.1. The SMILES string of the molecule is CCOCCS(=O)(=O)N(CC)C(CC)(CC)CN. The van der Waals surface area contributed by atoms with E-state index in [0.717, 1.165) is 12.8 Å². The van der Waals surface area contributed by atoms with Gasteiger partial charge in [-0.1, -0.05) is 20.8 Å². The molecule has 0 atom stereocenters. The van der Waals surface area contributed by atoms with Gasteiger partial charge in [0.1, 0.15) is 0 Å². The number of hydrogen-bond donors (Lipinski definition) is 1. The molecule has 0 aliphatic heterocycles. The summed E-state index contributed by atoms with van der Waals surface area (Å²) in [7, 11) is -3.31. The molecular weight excluding hydrogens is 252 g/mol. The number of nitrogens with two attached hydrogens (primary N) is 1. The minimum Gasteiger partial charge on any atom is -0.381 e. The lowest BCUT2D eigenvalue weighted by Gasteiger charge is -2.40. The Morgan fingerprint density at radius 3 is 2.06 bits per heavy atom. The molecule has 0 spiro atoms. The van der Waals surface area contributed by atoms with E-state index in [1.165, 1.54) is 0 Å². The lowest BCUT2D eigenvalue weighted by Crippen LogP contribution is -2.56. The third-order valence-corrected chi connectivity index (χ3v) is 5.54. The second-order valence-corrected chi connectivity index (χ2v) is 6.33. The van der Waals surface area contributed by atoms with Gasteiger partial charge >= 0.3 is 0 Å². The van der Waals surface area contributed by atoms with Gasteiger partial charge in [0.25, 0.3) is 0 Å². The molecule has 0 unspecified atom stereocenters. The Balaban J connectivity index is 5.04. The van der Waals surface area contributed by atoms with Crippen molar-refractivity contribution >= 4 is 10.0 Å². The van der Waals surface area contributed by atoms with Crippen LogP contribution in [0.15, 0.2) is 0 Å². The molecule has 0 amide bonds. The van der Waals surface area contributed by atoms with E-state index < -0.39 is 15.6 Å². The number of nitrogens with zero attached hydrogens (tertiary/aromatic N) is 1. The maximum absolute atomic E-state index is 12.4. The van der Waals surface area contributed by atoms with Crippen LogP contribution in [0, 0.1) is 0 Å². The normalized spacial score (nSPS) is 13.2. The van der Waals surface area contributed by atoms with E-state index in [-0.39, 0.29) is 12.4 Å². The van der Waals surface area contributed by atoms with Gasteiger partial charge in [0.15, 0.2) is 0 Å². The molecule has 0 rings (SSSR count). The van der Waals surface area contributed by atoms with Crippen molar-refractivity contribution in [3.8, 4) is 0 Å². The summed E-state index contributed by atoms with van der Waals surface area (Å²) in [4.78, 5) is 0. The van der Waals surface area contributed by atoms with Crippen molar-refractivity contribution in [1.29, 1.82) is 0 Å². The van der Waals surface area contributed by atoms with E-state index in [1.807, 2.05) is 27.7 Å². The maximum atomic E-state index is 12.4. The summed E-state index contributed by atoms with van der Waals surface area (Å²) in [6.45, 7) is 9.25. The van der Waals surface area contributed by atoms with Gasteiger partial charge in [-0.05, 0) is 19.8 Å². The fourth-order valence-corrected chi connectivity index (χ4v) is 4.10. The summed E-state index contributed by atoms with van der Waals surface area (Å²) in [6, 6.07) is 0. The van der Waals surface area contributed by atoms with Crippen molar-refractivity contribution in [1.82, 2.24) is 4.31 Å². The van der Waals surface area contributed by atoms with Gasteiger partial charge in [-0.2, -0.15) is 4.31 Å². The van der Waals surface area contributed by atoms with Gasteiger partial charge in [-0.3, -0.25) is 0 Å². The highest BCUT2D eigenvalue weighted by Crippen LogP contribution is 2.26. The molecule has 5 nitrogen and oxygen atoms in total. The second kappa shape index (κ2) is 8.09. The van der Waals surface area contributed by atoms with Crippen LogP contribution in [-0.2, 0) is 14.8 Å². The fourth-order valence-electron chi connectivity index (χ4n) is 2.24.